The van der Waals surface area contributed by atoms with Crippen molar-refractivity contribution in [2.24, 2.45) is 23.7 Å². The molecule has 0 radical (unpaired) electrons. The van der Waals surface area contributed by atoms with Gasteiger partial charge in [-0.3, -0.25) is 19.3 Å². The zero-order valence-electron chi connectivity index (χ0n) is 14.8. The summed E-state index contributed by atoms with van der Waals surface area (Å²) in [5.41, 5.74) is 1.46. The molecule has 1 saturated carbocycles. The molecule has 2 fully saturated rings. The molecule has 2 aliphatic carbocycles. The molecule has 1 saturated heterocycles. The number of benzene rings is 2. The van der Waals surface area contributed by atoms with Crippen molar-refractivity contribution in [1.29, 1.82) is 0 Å². The summed E-state index contributed by atoms with van der Waals surface area (Å²) in [7, 11) is 0. The number of fused-ring (bicyclic) bond motifs is 5. The molecule has 3 aliphatic rings. The first-order chi connectivity index (χ1) is 13.5. The molecule has 2 bridgehead atoms. The predicted octanol–water partition coefficient (Wildman–Crippen LogP) is 3.90. The van der Waals surface area contributed by atoms with Crippen LogP contribution in [0.25, 0.3) is 0 Å². The quantitative estimate of drug-likeness (QED) is 0.636. The van der Waals surface area contributed by atoms with Crippen LogP contribution in [0.3, 0.4) is 0 Å². The first kappa shape index (κ1) is 17.2. The third kappa shape index (κ3) is 2.50. The molecule has 2 aromatic rings. The summed E-state index contributed by atoms with van der Waals surface area (Å²) in [6, 6.07) is 13.5. The van der Waals surface area contributed by atoms with Gasteiger partial charge >= 0.3 is 0 Å². The number of nitrogens with zero attached hydrogens (tertiary/aromatic N) is 1. The summed E-state index contributed by atoms with van der Waals surface area (Å²) in [6.45, 7) is 0. The molecule has 0 spiro atoms. The number of rotatable bonds is 3. The van der Waals surface area contributed by atoms with E-state index in [2.05, 4.69) is 17.5 Å². The molecule has 2 aromatic carbocycles. The summed E-state index contributed by atoms with van der Waals surface area (Å²) >= 11 is 6.07. The minimum Gasteiger partial charge on any atom is -0.321 e. The Labute approximate surface area is 167 Å². The molecule has 4 atom stereocenters. The highest BCUT2D eigenvalue weighted by Crippen LogP contribution is 2.53. The maximum atomic E-state index is 12.9. The second-order valence-corrected chi connectivity index (χ2v) is 7.90. The number of hydrogen-bond acceptors (Lipinski definition) is 3. The Morgan fingerprint density at radius 3 is 2.14 bits per heavy atom. The number of halogens is 1. The first-order valence-electron chi connectivity index (χ1n) is 9.26. The summed E-state index contributed by atoms with van der Waals surface area (Å²) in [5.74, 6) is -0.663. The van der Waals surface area contributed by atoms with Gasteiger partial charge < -0.3 is 5.32 Å². The molecule has 28 heavy (non-hydrogen) atoms. The average molecular weight is 393 g/mol. The minimum atomic E-state index is -0.308. The van der Waals surface area contributed by atoms with Crippen molar-refractivity contribution in [2.75, 3.05) is 10.2 Å². The first-order valence-corrected chi connectivity index (χ1v) is 9.64. The van der Waals surface area contributed by atoms with E-state index in [1.807, 2.05) is 0 Å². The number of imide groups is 1. The van der Waals surface area contributed by atoms with Gasteiger partial charge in [0.25, 0.3) is 5.91 Å². The van der Waals surface area contributed by atoms with Gasteiger partial charge in [-0.1, -0.05) is 35.9 Å². The van der Waals surface area contributed by atoms with E-state index in [-0.39, 0.29) is 41.4 Å². The Bertz CT molecular complexity index is 1000. The number of carbonyl (C=O) groups excluding carboxylic acids is 3. The lowest BCUT2D eigenvalue weighted by Gasteiger charge is -2.17. The van der Waals surface area contributed by atoms with Crippen LogP contribution in [0.5, 0.6) is 0 Å². The number of allylic oxidation sites excluding steroid dienone is 2. The fraction of sp³-hybridized carbons (Fsp3) is 0.227. The molecule has 0 aromatic heterocycles. The van der Waals surface area contributed by atoms with Crippen LogP contribution in [0.2, 0.25) is 5.02 Å². The van der Waals surface area contributed by atoms with E-state index in [4.69, 9.17) is 11.6 Å². The van der Waals surface area contributed by atoms with Crippen molar-refractivity contribution in [3.05, 3.63) is 71.3 Å². The van der Waals surface area contributed by atoms with E-state index < -0.39 is 0 Å². The zero-order valence-corrected chi connectivity index (χ0v) is 15.6. The SMILES string of the molecule is O=C(Nc1ccccc1Cl)c1ccc(N2C(=O)[C@H]3[C@H](C2=O)[C@H]2C=C[C@H]3C2)cc1. The predicted molar refractivity (Wildman–Crippen MR) is 106 cm³/mol. The van der Waals surface area contributed by atoms with E-state index in [0.29, 0.717) is 22.0 Å². The van der Waals surface area contributed by atoms with Crippen molar-refractivity contribution in [3.63, 3.8) is 0 Å². The number of para-hydroxylation sites is 1. The molecule has 1 heterocycles. The lowest BCUT2D eigenvalue weighted by atomic mass is 9.85. The van der Waals surface area contributed by atoms with Crippen LogP contribution in [-0.2, 0) is 9.59 Å². The molecule has 1 N–H and O–H groups in total. The summed E-state index contributed by atoms with van der Waals surface area (Å²) in [4.78, 5) is 39.5. The van der Waals surface area contributed by atoms with Crippen molar-refractivity contribution in [3.8, 4) is 0 Å². The Kier molecular flexibility index (Phi) is 3.88. The largest absolute Gasteiger partial charge is 0.321 e. The van der Waals surface area contributed by atoms with Crippen molar-refractivity contribution >= 4 is 40.7 Å². The van der Waals surface area contributed by atoms with E-state index in [1.165, 1.54) is 4.90 Å². The minimum absolute atomic E-state index is 0.125. The summed E-state index contributed by atoms with van der Waals surface area (Å²) in [6.07, 6.45) is 5.05. The van der Waals surface area contributed by atoms with Crippen molar-refractivity contribution in [2.45, 2.75) is 6.42 Å². The van der Waals surface area contributed by atoms with Gasteiger partial charge in [-0.15, -0.1) is 0 Å². The van der Waals surface area contributed by atoms with Crippen LogP contribution in [0, 0.1) is 23.7 Å². The van der Waals surface area contributed by atoms with Gasteiger partial charge in [-0.2, -0.15) is 0 Å². The van der Waals surface area contributed by atoms with Gasteiger partial charge in [-0.05, 0) is 54.7 Å². The van der Waals surface area contributed by atoms with Gasteiger partial charge in [0.05, 0.1) is 28.2 Å². The number of nitrogens with one attached hydrogen (secondary N) is 1. The normalized spacial score (nSPS) is 27.4. The number of amides is 3. The lowest BCUT2D eigenvalue weighted by molar-refractivity contribution is -0.123. The number of hydrogen-bond donors (Lipinski definition) is 1. The van der Waals surface area contributed by atoms with Gasteiger partial charge in [0.2, 0.25) is 11.8 Å². The van der Waals surface area contributed by atoms with Crippen molar-refractivity contribution < 1.29 is 14.4 Å². The Hall–Kier alpha value is -2.92. The van der Waals surface area contributed by atoms with E-state index >= 15 is 0 Å². The molecule has 3 amide bonds. The zero-order chi connectivity index (χ0) is 19.4. The fourth-order valence-corrected chi connectivity index (χ4v) is 4.86. The van der Waals surface area contributed by atoms with Gasteiger partial charge in [-0.25, -0.2) is 0 Å². The van der Waals surface area contributed by atoms with Crippen molar-refractivity contribution in [1.82, 2.24) is 0 Å². The Balaban J connectivity index is 1.36. The highest BCUT2D eigenvalue weighted by atomic mass is 35.5. The van der Waals surface area contributed by atoms with Crippen LogP contribution in [0.15, 0.2) is 60.7 Å². The van der Waals surface area contributed by atoms with Crippen LogP contribution in [-0.4, -0.2) is 17.7 Å². The molecule has 140 valence electrons. The standard InChI is InChI=1S/C22H17ClN2O3/c23-16-3-1-2-4-17(16)24-20(26)12-7-9-15(10-8-12)25-21(27)18-13-5-6-14(11-13)19(18)22(25)28/h1-10,13-14,18-19H,11H2,(H,24,26)/t13-,14-,18+,19+/m0/s1. The van der Waals surface area contributed by atoms with E-state index in [9.17, 15) is 14.4 Å². The average Bonchev–Trinajstić information content (AvgIpc) is 3.38. The molecule has 6 heteroatoms. The third-order valence-corrected chi connectivity index (χ3v) is 6.31. The van der Waals surface area contributed by atoms with Gasteiger partial charge in [0, 0.05) is 5.56 Å². The van der Waals surface area contributed by atoms with Gasteiger partial charge in [0.1, 0.15) is 0 Å². The van der Waals surface area contributed by atoms with E-state index in [1.54, 1.807) is 48.5 Å². The van der Waals surface area contributed by atoms with Crippen LogP contribution in [0.4, 0.5) is 11.4 Å². The fourth-order valence-electron chi connectivity index (χ4n) is 4.68. The Morgan fingerprint density at radius 2 is 1.54 bits per heavy atom. The topological polar surface area (TPSA) is 66.5 Å². The van der Waals surface area contributed by atoms with Gasteiger partial charge in [0.15, 0.2) is 0 Å². The monoisotopic (exact) mass is 392 g/mol. The van der Waals surface area contributed by atoms with Crippen LogP contribution >= 0.6 is 11.6 Å². The molecular formula is C22H17ClN2O3. The Morgan fingerprint density at radius 1 is 0.929 bits per heavy atom. The maximum Gasteiger partial charge on any atom is 0.255 e. The lowest BCUT2D eigenvalue weighted by Crippen LogP contribution is -2.32. The molecule has 0 unspecified atom stereocenters. The highest BCUT2D eigenvalue weighted by molar-refractivity contribution is 6.33. The second kappa shape index (κ2) is 6.31. The number of carbonyl (C=O) groups is 3. The smallest absolute Gasteiger partial charge is 0.255 e. The molecule has 1 aliphatic heterocycles. The van der Waals surface area contributed by atoms with Crippen LogP contribution in [0.1, 0.15) is 16.8 Å². The molecule has 5 nitrogen and oxygen atoms in total. The molecule has 5 rings (SSSR count). The van der Waals surface area contributed by atoms with Crippen LogP contribution < -0.4 is 10.2 Å². The summed E-state index contributed by atoms with van der Waals surface area (Å²) in [5, 5.41) is 3.21. The third-order valence-electron chi connectivity index (χ3n) is 5.98. The highest BCUT2D eigenvalue weighted by Gasteiger charge is 2.59. The second-order valence-electron chi connectivity index (χ2n) is 7.49. The number of anilines is 2. The maximum absolute atomic E-state index is 12.9. The molecular weight excluding hydrogens is 376 g/mol. The summed E-state index contributed by atoms with van der Waals surface area (Å²) < 4.78 is 0. The van der Waals surface area contributed by atoms with E-state index in [0.717, 1.165) is 6.42 Å².